The van der Waals surface area contributed by atoms with Crippen LogP contribution in [0.25, 0.3) is 0 Å². The van der Waals surface area contributed by atoms with Crippen molar-refractivity contribution in [1.82, 2.24) is 5.32 Å². The van der Waals surface area contributed by atoms with E-state index in [1.54, 1.807) is 0 Å². The summed E-state index contributed by atoms with van der Waals surface area (Å²) in [5.41, 5.74) is 0. The molecule has 1 fully saturated rings. The van der Waals surface area contributed by atoms with Gasteiger partial charge in [0, 0.05) is 6.92 Å². The number of carbonyl (C=O) groups is 1. The molecule has 82 valence electrons. The van der Waals surface area contributed by atoms with Crippen LogP contribution in [-0.2, 0) is 9.53 Å². The second-order valence-electron chi connectivity index (χ2n) is 3.44. The topological polar surface area (TPSA) is 99.0 Å². The van der Waals surface area contributed by atoms with E-state index in [0.717, 1.165) is 0 Å². The lowest BCUT2D eigenvalue weighted by Crippen LogP contribution is -2.62. The molecule has 0 saturated carbocycles. The van der Waals surface area contributed by atoms with E-state index in [4.69, 9.17) is 4.74 Å². The Morgan fingerprint density at radius 1 is 1.29 bits per heavy atom. The van der Waals surface area contributed by atoms with Gasteiger partial charge in [-0.25, -0.2) is 0 Å². The van der Waals surface area contributed by atoms with Crippen LogP contribution in [-0.4, -0.2) is 51.9 Å². The molecule has 6 heteroatoms. The van der Waals surface area contributed by atoms with Gasteiger partial charge < -0.3 is 25.4 Å². The second kappa shape index (κ2) is 4.22. The van der Waals surface area contributed by atoms with Gasteiger partial charge in [-0.3, -0.25) is 4.79 Å². The van der Waals surface area contributed by atoms with Gasteiger partial charge in [-0.05, 0) is 6.92 Å². The van der Waals surface area contributed by atoms with Gasteiger partial charge in [-0.15, -0.1) is 0 Å². The van der Waals surface area contributed by atoms with E-state index in [0.29, 0.717) is 0 Å². The third-order valence-electron chi connectivity index (χ3n) is 2.23. The fourth-order valence-electron chi connectivity index (χ4n) is 1.44. The number of hydrogen-bond donors (Lipinski definition) is 4. The summed E-state index contributed by atoms with van der Waals surface area (Å²) in [6.45, 7) is 2.78. The van der Waals surface area contributed by atoms with Crippen LogP contribution in [0.1, 0.15) is 13.8 Å². The number of aliphatic hydroxyl groups is 3. The molecule has 1 aliphatic rings. The Labute approximate surface area is 81.5 Å². The molecule has 0 aromatic rings. The summed E-state index contributed by atoms with van der Waals surface area (Å²) in [7, 11) is 0. The Morgan fingerprint density at radius 2 is 1.86 bits per heavy atom. The zero-order valence-corrected chi connectivity index (χ0v) is 8.04. The highest BCUT2D eigenvalue weighted by Crippen LogP contribution is 2.19. The molecule has 5 atom stereocenters. The van der Waals surface area contributed by atoms with Crippen LogP contribution in [0.15, 0.2) is 0 Å². The summed E-state index contributed by atoms with van der Waals surface area (Å²) in [6, 6.07) is -0.987. The minimum Gasteiger partial charge on any atom is -0.388 e. The fraction of sp³-hybridized carbons (Fsp3) is 0.875. The molecular formula is C8H15NO5. The van der Waals surface area contributed by atoms with E-state index in [1.807, 2.05) is 0 Å². The summed E-state index contributed by atoms with van der Waals surface area (Å²) in [5, 5.41) is 30.6. The molecular weight excluding hydrogens is 190 g/mol. The predicted octanol–water partition coefficient (Wildman–Crippen LogP) is -2.05. The molecule has 1 rings (SSSR count). The Bertz CT molecular complexity index is 222. The second-order valence-corrected chi connectivity index (χ2v) is 3.44. The summed E-state index contributed by atoms with van der Waals surface area (Å²) in [5.74, 6) is -0.404. The molecule has 0 bridgehead atoms. The van der Waals surface area contributed by atoms with Crippen LogP contribution >= 0.6 is 0 Å². The highest BCUT2D eigenvalue weighted by atomic mass is 16.6. The van der Waals surface area contributed by atoms with Crippen molar-refractivity contribution in [3.8, 4) is 0 Å². The Hall–Kier alpha value is -0.690. The van der Waals surface area contributed by atoms with Crippen molar-refractivity contribution >= 4 is 5.91 Å². The van der Waals surface area contributed by atoms with Crippen LogP contribution in [0.2, 0.25) is 0 Å². The molecule has 1 aliphatic heterocycles. The van der Waals surface area contributed by atoms with Gasteiger partial charge in [0.25, 0.3) is 0 Å². The Balaban J connectivity index is 2.68. The number of ether oxygens (including phenoxy) is 1. The van der Waals surface area contributed by atoms with Crippen LogP contribution in [0.4, 0.5) is 0 Å². The lowest BCUT2D eigenvalue weighted by molar-refractivity contribution is -0.242. The van der Waals surface area contributed by atoms with Crippen molar-refractivity contribution < 1.29 is 24.9 Å². The monoisotopic (exact) mass is 205 g/mol. The van der Waals surface area contributed by atoms with Crippen LogP contribution < -0.4 is 5.32 Å². The van der Waals surface area contributed by atoms with E-state index in [9.17, 15) is 20.1 Å². The quantitative estimate of drug-likeness (QED) is 0.395. The van der Waals surface area contributed by atoms with E-state index < -0.39 is 36.6 Å². The van der Waals surface area contributed by atoms with E-state index in [-0.39, 0.29) is 0 Å². The van der Waals surface area contributed by atoms with Crippen molar-refractivity contribution in [2.24, 2.45) is 0 Å². The number of amides is 1. The lowest BCUT2D eigenvalue weighted by atomic mass is 9.98. The smallest absolute Gasteiger partial charge is 0.217 e. The first-order valence-electron chi connectivity index (χ1n) is 4.40. The molecule has 1 heterocycles. The van der Waals surface area contributed by atoms with Crippen molar-refractivity contribution in [3.05, 3.63) is 0 Å². The highest BCUT2D eigenvalue weighted by molar-refractivity contribution is 5.73. The molecule has 0 aromatic heterocycles. The van der Waals surface area contributed by atoms with Gasteiger partial charge in [0.15, 0.2) is 6.29 Å². The number of carbonyl (C=O) groups excluding carboxylic acids is 1. The first kappa shape index (κ1) is 11.4. The molecule has 0 aromatic carbocycles. The zero-order valence-electron chi connectivity index (χ0n) is 8.04. The van der Waals surface area contributed by atoms with Crippen LogP contribution in [0, 0.1) is 0 Å². The largest absolute Gasteiger partial charge is 0.388 e. The van der Waals surface area contributed by atoms with Gasteiger partial charge >= 0.3 is 0 Å². The van der Waals surface area contributed by atoms with Gasteiger partial charge in [-0.2, -0.15) is 0 Å². The van der Waals surface area contributed by atoms with Crippen molar-refractivity contribution in [1.29, 1.82) is 0 Å². The maximum absolute atomic E-state index is 10.7. The SMILES string of the molecule is CC(=O)NC1C(O)[C@@H](O)C(C)O[C@H]1O. The number of hydrogen-bond acceptors (Lipinski definition) is 5. The Morgan fingerprint density at radius 3 is 2.36 bits per heavy atom. The number of rotatable bonds is 1. The molecule has 0 radical (unpaired) electrons. The predicted molar refractivity (Wildman–Crippen MR) is 46.2 cm³/mol. The maximum atomic E-state index is 10.7. The fourth-order valence-corrected chi connectivity index (χ4v) is 1.44. The molecule has 1 amide bonds. The summed E-state index contributed by atoms with van der Waals surface area (Å²) < 4.78 is 4.91. The molecule has 0 spiro atoms. The normalized spacial score (nSPS) is 43.4. The Kier molecular flexibility index (Phi) is 3.43. The molecule has 14 heavy (non-hydrogen) atoms. The third kappa shape index (κ3) is 2.21. The number of aliphatic hydroxyl groups excluding tert-OH is 3. The molecule has 0 aliphatic carbocycles. The van der Waals surface area contributed by atoms with E-state index >= 15 is 0 Å². The van der Waals surface area contributed by atoms with Crippen molar-refractivity contribution in [3.63, 3.8) is 0 Å². The maximum Gasteiger partial charge on any atom is 0.217 e. The van der Waals surface area contributed by atoms with Crippen molar-refractivity contribution in [2.45, 2.75) is 44.5 Å². The van der Waals surface area contributed by atoms with Crippen molar-refractivity contribution in [2.75, 3.05) is 0 Å². The highest BCUT2D eigenvalue weighted by Gasteiger charge is 2.42. The van der Waals surface area contributed by atoms with Crippen LogP contribution in [0.5, 0.6) is 0 Å². The summed E-state index contributed by atoms with van der Waals surface area (Å²) in [4.78, 5) is 10.7. The summed E-state index contributed by atoms with van der Waals surface area (Å²) >= 11 is 0. The molecule has 1 saturated heterocycles. The minimum atomic E-state index is -1.30. The molecule has 6 nitrogen and oxygen atoms in total. The average Bonchev–Trinajstić information content (AvgIpc) is 2.09. The average molecular weight is 205 g/mol. The third-order valence-corrected chi connectivity index (χ3v) is 2.23. The van der Waals surface area contributed by atoms with Gasteiger partial charge in [0.1, 0.15) is 18.2 Å². The first-order valence-corrected chi connectivity index (χ1v) is 4.40. The van der Waals surface area contributed by atoms with E-state index in [2.05, 4.69) is 5.32 Å². The minimum absolute atomic E-state index is 0.404. The summed E-state index contributed by atoms with van der Waals surface area (Å²) in [6.07, 6.45) is -4.30. The van der Waals surface area contributed by atoms with Gasteiger partial charge in [0.2, 0.25) is 5.91 Å². The standard InChI is InChI=1S/C8H15NO5/c1-3-6(11)7(12)5(8(13)14-3)9-4(2)10/h3,5-8,11-13H,1-2H3,(H,9,10)/t3?,5?,6-,7?,8+/m0/s1. The first-order chi connectivity index (χ1) is 6.43. The lowest BCUT2D eigenvalue weighted by Gasteiger charge is -2.39. The zero-order chi connectivity index (χ0) is 10.9. The molecule has 3 unspecified atom stereocenters. The molecule has 4 N–H and O–H groups in total. The van der Waals surface area contributed by atoms with Gasteiger partial charge in [-0.1, -0.05) is 0 Å². The van der Waals surface area contributed by atoms with Gasteiger partial charge in [0.05, 0.1) is 6.10 Å². The number of nitrogens with one attached hydrogen (secondary N) is 1. The van der Waals surface area contributed by atoms with Crippen LogP contribution in [0.3, 0.4) is 0 Å². The van der Waals surface area contributed by atoms with E-state index in [1.165, 1.54) is 13.8 Å².